The van der Waals surface area contributed by atoms with Gasteiger partial charge in [-0.3, -0.25) is 9.59 Å². The molecule has 0 unspecified atom stereocenters. The second-order valence-corrected chi connectivity index (χ2v) is 9.53. The summed E-state index contributed by atoms with van der Waals surface area (Å²) in [5.74, 6) is -0.210. The van der Waals surface area contributed by atoms with Crippen LogP contribution >= 0.6 is 11.3 Å². The predicted molar refractivity (Wildman–Crippen MR) is 137 cm³/mol. The van der Waals surface area contributed by atoms with Crippen molar-refractivity contribution in [1.82, 2.24) is 9.47 Å². The number of nitrogens with one attached hydrogen (secondary N) is 1. The van der Waals surface area contributed by atoms with Crippen LogP contribution in [0, 0.1) is 13.8 Å². The summed E-state index contributed by atoms with van der Waals surface area (Å²) in [6.07, 6.45) is 0. The third kappa shape index (κ3) is 4.24. The molecular formula is C27H27N3O3S. The molecule has 34 heavy (non-hydrogen) atoms. The smallest absolute Gasteiger partial charge is 0.257 e. The lowest BCUT2D eigenvalue weighted by Gasteiger charge is -2.27. The van der Waals surface area contributed by atoms with Gasteiger partial charge in [0.2, 0.25) is 5.91 Å². The maximum absolute atomic E-state index is 13.5. The van der Waals surface area contributed by atoms with Gasteiger partial charge in [0.05, 0.1) is 18.8 Å². The number of hydrogen-bond acceptors (Lipinski definition) is 4. The second kappa shape index (κ2) is 9.44. The van der Waals surface area contributed by atoms with Crippen molar-refractivity contribution in [3.8, 4) is 10.4 Å². The van der Waals surface area contributed by atoms with Crippen LogP contribution in [0.25, 0.3) is 21.3 Å². The highest BCUT2D eigenvalue weighted by atomic mass is 32.1. The van der Waals surface area contributed by atoms with E-state index in [2.05, 4.69) is 11.4 Å². The molecule has 7 heteroatoms. The quantitative estimate of drug-likeness (QED) is 0.439. The van der Waals surface area contributed by atoms with Crippen LogP contribution in [-0.4, -0.2) is 47.6 Å². The maximum Gasteiger partial charge on any atom is 0.257 e. The summed E-state index contributed by atoms with van der Waals surface area (Å²) in [7, 11) is 0. The Morgan fingerprint density at radius 3 is 2.47 bits per heavy atom. The first-order chi connectivity index (χ1) is 16.5. The molecule has 1 aliphatic heterocycles. The number of thiophene rings is 1. The molecule has 174 valence electrons. The van der Waals surface area contributed by atoms with E-state index in [-0.39, 0.29) is 18.4 Å². The van der Waals surface area contributed by atoms with E-state index >= 15 is 0 Å². The molecule has 1 aliphatic rings. The summed E-state index contributed by atoms with van der Waals surface area (Å²) >= 11 is 1.46. The Morgan fingerprint density at radius 2 is 1.71 bits per heavy atom. The highest BCUT2D eigenvalue weighted by molar-refractivity contribution is 7.20. The Hall–Kier alpha value is -3.42. The zero-order valence-electron chi connectivity index (χ0n) is 19.3. The topological polar surface area (TPSA) is 63.6 Å². The summed E-state index contributed by atoms with van der Waals surface area (Å²) in [6, 6.07) is 20.1. The summed E-state index contributed by atoms with van der Waals surface area (Å²) in [5.41, 5.74) is 4.55. The molecule has 0 bridgehead atoms. The number of ether oxygens (including phenoxy) is 1. The van der Waals surface area contributed by atoms with Crippen molar-refractivity contribution in [3.05, 3.63) is 77.5 Å². The maximum atomic E-state index is 13.5. The van der Waals surface area contributed by atoms with Gasteiger partial charge in [0, 0.05) is 29.2 Å². The van der Waals surface area contributed by atoms with Crippen molar-refractivity contribution in [2.45, 2.75) is 20.4 Å². The molecule has 0 radical (unpaired) electrons. The average molecular weight is 474 g/mol. The number of benzene rings is 2. The minimum absolute atomic E-state index is 0.0582. The lowest BCUT2D eigenvalue weighted by Crippen LogP contribution is -2.41. The van der Waals surface area contributed by atoms with Crippen molar-refractivity contribution >= 4 is 39.1 Å². The van der Waals surface area contributed by atoms with Crippen LogP contribution in [0.4, 0.5) is 5.00 Å². The number of anilines is 1. The SMILES string of the molecule is Cc1c(-c2ccccc2)sc(NC(=O)Cn2c(C)cc3ccccc32)c1C(=O)N1CCOCC1. The van der Waals surface area contributed by atoms with Crippen molar-refractivity contribution in [1.29, 1.82) is 0 Å². The summed E-state index contributed by atoms with van der Waals surface area (Å²) in [5, 5.41) is 4.78. The van der Waals surface area contributed by atoms with Gasteiger partial charge in [-0.25, -0.2) is 0 Å². The molecular weight excluding hydrogens is 446 g/mol. The molecule has 0 spiro atoms. The number of amides is 2. The number of aromatic nitrogens is 1. The molecule has 2 aromatic heterocycles. The van der Waals surface area contributed by atoms with E-state index in [4.69, 9.17) is 4.74 Å². The van der Waals surface area contributed by atoms with Crippen molar-refractivity contribution in [2.75, 3.05) is 31.6 Å². The summed E-state index contributed by atoms with van der Waals surface area (Å²) < 4.78 is 7.43. The average Bonchev–Trinajstić information content (AvgIpc) is 3.35. The molecule has 0 saturated carbocycles. The van der Waals surface area contributed by atoms with Crippen LogP contribution < -0.4 is 5.32 Å². The molecule has 0 aliphatic carbocycles. The third-order valence-electron chi connectivity index (χ3n) is 6.27. The van der Waals surface area contributed by atoms with E-state index in [9.17, 15) is 9.59 Å². The van der Waals surface area contributed by atoms with E-state index in [1.165, 1.54) is 11.3 Å². The lowest BCUT2D eigenvalue weighted by atomic mass is 10.1. The van der Waals surface area contributed by atoms with Crippen molar-refractivity contribution in [2.24, 2.45) is 0 Å². The highest BCUT2D eigenvalue weighted by Gasteiger charge is 2.28. The van der Waals surface area contributed by atoms with Crippen LogP contribution in [0.5, 0.6) is 0 Å². The first-order valence-corrected chi connectivity index (χ1v) is 12.2. The fourth-order valence-corrected chi connectivity index (χ4v) is 5.74. The molecule has 0 atom stereocenters. The number of aryl methyl sites for hydroxylation is 1. The second-order valence-electron chi connectivity index (χ2n) is 8.51. The van der Waals surface area contributed by atoms with Gasteiger partial charge >= 0.3 is 0 Å². The van der Waals surface area contributed by atoms with Gasteiger partial charge in [-0.15, -0.1) is 11.3 Å². The molecule has 1 N–H and O–H groups in total. The van der Waals surface area contributed by atoms with Gasteiger partial charge in [0.15, 0.2) is 0 Å². The molecule has 2 amide bonds. The zero-order valence-corrected chi connectivity index (χ0v) is 20.2. The van der Waals surface area contributed by atoms with Crippen molar-refractivity contribution < 1.29 is 14.3 Å². The molecule has 1 fully saturated rings. The van der Waals surface area contributed by atoms with Crippen molar-refractivity contribution in [3.63, 3.8) is 0 Å². The lowest BCUT2D eigenvalue weighted by molar-refractivity contribution is -0.116. The Kier molecular flexibility index (Phi) is 6.22. The Balaban J connectivity index is 1.48. The van der Waals surface area contributed by atoms with Crippen LogP contribution in [0.1, 0.15) is 21.6 Å². The highest BCUT2D eigenvalue weighted by Crippen LogP contribution is 2.40. The zero-order chi connectivity index (χ0) is 23.7. The molecule has 6 nitrogen and oxygen atoms in total. The van der Waals surface area contributed by atoms with E-state index in [0.29, 0.717) is 36.9 Å². The van der Waals surface area contributed by atoms with Gasteiger partial charge < -0.3 is 19.5 Å². The Bertz CT molecular complexity index is 1350. The van der Waals surface area contributed by atoms with Gasteiger partial charge in [0.1, 0.15) is 11.5 Å². The molecule has 4 aromatic rings. The summed E-state index contributed by atoms with van der Waals surface area (Å²) in [6.45, 7) is 6.31. The van der Waals surface area contributed by atoms with Gasteiger partial charge in [-0.05, 0) is 42.5 Å². The van der Waals surface area contributed by atoms with E-state index < -0.39 is 0 Å². The monoisotopic (exact) mass is 473 g/mol. The van der Waals surface area contributed by atoms with Gasteiger partial charge in [-0.1, -0.05) is 48.5 Å². The van der Waals surface area contributed by atoms with E-state index in [1.54, 1.807) is 0 Å². The first-order valence-electron chi connectivity index (χ1n) is 11.4. The largest absolute Gasteiger partial charge is 0.378 e. The number of rotatable bonds is 5. The fourth-order valence-electron chi connectivity index (χ4n) is 4.52. The van der Waals surface area contributed by atoms with Gasteiger partial charge in [-0.2, -0.15) is 0 Å². The third-order valence-corrected chi connectivity index (χ3v) is 7.52. The molecule has 5 rings (SSSR count). The Labute approximate surface area is 202 Å². The Morgan fingerprint density at radius 1 is 1.00 bits per heavy atom. The summed E-state index contributed by atoms with van der Waals surface area (Å²) in [4.78, 5) is 29.6. The normalized spacial score (nSPS) is 13.9. The first kappa shape index (κ1) is 22.4. The molecule has 3 heterocycles. The van der Waals surface area contributed by atoms with Crippen LogP contribution in [0.2, 0.25) is 0 Å². The fraction of sp³-hybridized carbons (Fsp3) is 0.259. The number of nitrogens with zero attached hydrogens (tertiary/aromatic N) is 2. The molecule has 1 saturated heterocycles. The number of para-hydroxylation sites is 1. The molecule has 2 aromatic carbocycles. The van der Waals surface area contributed by atoms with Crippen LogP contribution in [0.15, 0.2) is 60.7 Å². The van der Waals surface area contributed by atoms with Crippen LogP contribution in [-0.2, 0) is 16.1 Å². The number of hydrogen-bond donors (Lipinski definition) is 1. The van der Waals surface area contributed by atoms with Gasteiger partial charge in [0.25, 0.3) is 5.91 Å². The number of morpholine rings is 1. The minimum Gasteiger partial charge on any atom is -0.378 e. The standard InChI is InChI=1S/C27H27N3O3S/c1-18-16-21-10-6-7-11-22(21)30(18)17-23(31)28-26-24(27(32)29-12-14-33-15-13-29)19(2)25(34-26)20-8-4-3-5-9-20/h3-11,16H,12-15,17H2,1-2H3,(H,28,31). The number of carbonyl (C=O) groups excluding carboxylic acids is 2. The van der Waals surface area contributed by atoms with Crippen LogP contribution in [0.3, 0.4) is 0 Å². The number of fused-ring (bicyclic) bond motifs is 1. The minimum atomic E-state index is -0.152. The predicted octanol–water partition coefficient (Wildman–Crippen LogP) is 5.10. The van der Waals surface area contributed by atoms with E-state index in [1.807, 2.05) is 77.9 Å². The van der Waals surface area contributed by atoms with E-state index in [0.717, 1.165) is 32.6 Å². The number of carbonyl (C=O) groups is 2.